The molecule has 5 atom stereocenters. The number of nitrogens with zero attached hydrogens (tertiary/aromatic N) is 4. The average molecular weight is 1820 g/mol. The van der Waals surface area contributed by atoms with Crippen molar-refractivity contribution in [2.24, 2.45) is 0 Å². The standard InChI is InChI=1S/C84H137N15O27S/c1-3-5-7-9-11-13-15-17-18-19-21-23-25-27-29-31-36-67(105)93-61(63(102)35-30-28-26-24-22-20-16-14-12-10-8-6-4-2)57-126-82(124)40-39-66(104)86-42-69(107)92-48-77(115)99(56-81(122)123)52-73(111)88-44-71(109)90-46-75(113)97(54-79(118)119)50-60(101)34-32-33-59(100)49-96(53-78(116)117)74(112)45-89-70(108)43-87-72(110)51-98(55-80(120)121)76(114)47-91-68(106)41-85-65(103)38-37-64-83-62(58-127-64)94-84(125)95-83/h30,35,61-64,83,102H,3-29,31-34,36-58H2,1-2H3,(H,85,103)(H,86,104)(H,87,110)(H,88,111)(H,89,108)(H,90,109)(H,91,106)(H,92,107)(H,93,105)(H,116,117)(H,118,119)(H,120,121)(H,122,123)(H2,94,95,125)/b35-30+/t61-,62+,63-,64+,83+/m1/s1. The number of carboxylic acids is 4. The Morgan fingerprint density at radius 1 is 0.378 bits per heavy atom. The van der Waals surface area contributed by atoms with Crippen LogP contribution in [-0.2, 0) is 101 Å². The normalized spacial score (nSPS) is 14.1. The van der Waals surface area contributed by atoms with Gasteiger partial charge in [0.1, 0.15) is 45.9 Å². The summed E-state index contributed by atoms with van der Waals surface area (Å²) in [6, 6.07) is -1.47. The van der Waals surface area contributed by atoms with Gasteiger partial charge in [0, 0.05) is 43.1 Å². The van der Waals surface area contributed by atoms with E-state index in [2.05, 4.69) is 72.3 Å². The second-order valence-electron chi connectivity index (χ2n) is 31.5. The van der Waals surface area contributed by atoms with Crippen molar-refractivity contribution < 1.29 is 131 Å². The molecule has 2 heterocycles. The van der Waals surface area contributed by atoms with Crippen molar-refractivity contribution >= 4 is 136 Å². The lowest BCUT2D eigenvalue weighted by Crippen LogP contribution is -2.50. The molecule has 2 aliphatic heterocycles. The Morgan fingerprint density at radius 3 is 1.09 bits per heavy atom. The molecule has 0 aliphatic carbocycles. The van der Waals surface area contributed by atoms with Crippen molar-refractivity contribution in [2.75, 3.05) is 117 Å². The van der Waals surface area contributed by atoms with Crippen LogP contribution >= 0.6 is 11.8 Å². The van der Waals surface area contributed by atoms with E-state index in [-0.39, 0.29) is 48.5 Å². The summed E-state index contributed by atoms with van der Waals surface area (Å²) in [6.45, 7) is -10.3. The molecule has 43 heteroatoms. The number of carbonyl (C=O) groups is 21. The van der Waals surface area contributed by atoms with Gasteiger partial charge < -0.3 is 108 Å². The van der Waals surface area contributed by atoms with Gasteiger partial charge in [-0.25, -0.2) is 4.79 Å². The number of hydrogen-bond acceptors (Lipinski definition) is 24. The summed E-state index contributed by atoms with van der Waals surface area (Å²) in [7, 11) is 0. The summed E-state index contributed by atoms with van der Waals surface area (Å²) in [5.41, 5.74) is 0. The third kappa shape index (κ3) is 57.5. The maximum absolute atomic E-state index is 13.2. The number of thioether (sulfide) groups is 1. The molecule has 0 aromatic heterocycles. The van der Waals surface area contributed by atoms with Gasteiger partial charge >= 0.3 is 35.9 Å². The summed E-state index contributed by atoms with van der Waals surface area (Å²) in [5.74, 6) is -20.1. The quantitative estimate of drug-likeness (QED) is 0.0174. The van der Waals surface area contributed by atoms with Gasteiger partial charge in [0.15, 0.2) is 11.6 Å². The van der Waals surface area contributed by atoms with Crippen molar-refractivity contribution in [1.82, 2.24) is 78.1 Å². The lowest BCUT2D eigenvalue weighted by atomic mass is 10.0. The number of aliphatic carboxylic acids is 4. The fraction of sp³-hybridized carbons (Fsp3) is 0.726. The molecule has 0 saturated carbocycles. The van der Waals surface area contributed by atoms with E-state index in [0.29, 0.717) is 44.6 Å². The smallest absolute Gasteiger partial charge is 0.323 e. The molecule has 0 radical (unpaired) electrons. The summed E-state index contributed by atoms with van der Waals surface area (Å²) < 4.78 is 5.41. The number of ether oxygens (including phenoxy) is 1. The Hall–Kier alpha value is -10.9. The number of carbonyl (C=O) groups excluding carboxylic acids is 17. The van der Waals surface area contributed by atoms with E-state index < -0.39 is 261 Å². The predicted molar refractivity (Wildman–Crippen MR) is 462 cm³/mol. The molecule has 0 bridgehead atoms. The van der Waals surface area contributed by atoms with E-state index in [0.717, 1.165) is 44.9 Å². The van der Waals surface area contributed by atoms with Crippen LogP contribution in [-0.4, -0.2) is 316 Å². The number of urea groups is 1. The summed E-state index contributed by atoms with van der Waals surface area (Å²) in [4.78, 5) is 265. The molecule has 2 fully saturated rings. The van der Waals surface area contributed by atoms with E-state index in [4.69, 9.17) is 4.74 Å². The second-order valence-corrected chi connectivity index (χ2v) is 32.8. The van der Waals surface area contributed by atoms with Gasteiger partial charge in [0.2, 0.25) is 76.8 Å². The molecular formula is C84H137N15O27S. The molecule has 42 nitrogen and oxygen atoms in total. The molecule has 2 aliphatic rings. The number of aliphatic hydroxyl groups excluding tert-OH is 1. The summed E-state index contributed by atoms with van der Waals surface area (Å²) >= 11 is 1.58. The minimum atomic E-state index is -1.59. The molecule has 15 amide bonds. The number of hydrogen-bond donors (Lipinski definition) is 16. The van der Waals surface area contributed by atoms with Crippen molar-refractivity contribution in [1.29, 1.82) is 0 Å². The van der Waals surface area contributed by atoms with Crippen LogP contribution in [0.4, 0.5) is 4.79 Å². The number of rotatable bonds is 76. The molecule has 2 rings (SSSR count). The first-order valence-corrected chi connectivity index (χ1v) is 45.4. The predicted octanol–water partition coefficient (Wildman–Crippen LogP) is 0.901. The monoisotopic (exact) mass is 1820 g/mol. The Balaban J connectivity index is 1.79. The number of esters is 1. The zero-order chi connectivity index (χ0) is 94.1. The van der Waals surface area contributed by atoms with Crippen molar-refractivity contribution in [3.05, 3.63) is 12.2 Å². The number of allylic oxidation sites excluding steroid dienone is 1. The maximum atomic E-state index is 13.2. The number of aliphatic hydroxyl groups is 1. The summed E-state index contributed by atoms with van der Waals surface area (Å²) in [6.07, 6.45) is 33.5. The highest BCUT2D eigenvalue weighted by molar-refractivity contribution is 8.00. The van der Waals surface area contributed by atoms with Crippen molar-refractivity contribution in [2.45, 2.75) is 274 Å². The Kier molecular flexibility index (Phi) is 60.4. The van der Waals surface area contributed by atoms with Crippen LogP contribution in [0.25, 0.3) is 0 Å². The first-order chi connectivity index (χ1) is 60.7. The third-order valence-electron chi connectivity index (χ3n) is 20.5. The van der Waals surface area contributed by atoms with Crippen LogP contribution in [0.2, 0.25) is 0 Å². The van der Waals surface area contributed by atoms with Crippen molar-refractivity contribution in [3.63, 3.8) is 0 Å². The number of carboxylic acid groups (broad SMARTS) is 4. The van der Waals surface area contributed by atoms with Crippen LogP contribution in [0.15, 0.2) is 12.2 Å². The molecule has 2 saturated heterocycles. The fourth-order valence-electron chi connectivity index (χ4n) is 13.4. The van der Waals surface area contributed by atoms with Gasteiger partial charge in [-0.3, -0.25) is 95.9 Å². The van der Waals surface area contributed by atoms with Crippen LogP contribution in [0.3, 0.4) is 0 Å². The number of ketones is 2. The summed E-state index contributed by atoms with van der Waals surface area (Å²) in [5, 5.41) is 74.7. The van der Waals surface area contributed by atoms with Crippen LogP contribution < -0.4 is 58.5 Å². The highest BCUT2D eigenvalue weighted by Crippen LogP contribution is 2.33. The zero-order valence-corrected chi connectivity index (χ0v) is 74.5. The van der Waals surface area contributed by atoms with Gasteiger partial charge in [0.05, 0.1) is 96.1 Å². The average Bonchev–Trinajstić information content (AvgIpc) is 1.66. The van der Waals surface area contributed by atoms with Gasteiger partial charge in [0.25, 0.3) is 0 Å². The number of unbranched alkanes of at least 4 members (excludes halogenated alkanes) is 26. The molecule has 716 valence electrons. The maximum Gasteiger partial charge on any atom is 0.323 e. The minimum absolute atomic E-state index is 0.0300. The molecule has 0 spiro atoms. The molecule has 0 aromatic rings. The van der Waals surface area contributed by atoms with Crippen LogP contribution in [0, 0.1) is 0 Å². The number of nitrogens with one attached hydrogen (secondary N) is 11. The first kappa shape index (κ1) is 112. The molecule has 0 unspecified atom stereocenters. The van der Waals surface area contributed by atoms with E-state index in [1.165, 1.54) is 122 Å². The van der Waals surface area contributed by atoms with E-state index >= 15 is 0 Å². The Labute approximate surface area is 745 Å². The Morgan fingerprint density at radius 2 is 0.717 bits per heavy atom. The largest absolute Gasteiger partial charge is 0.480 e. The van der Waals surface area contributed by atoms with E-state index in [1.54, 1.807) is 17.8 Å². The van der Waals surface area contributed by atoms with Crippen LogP contribution in [0.1, 0.15) is 245 Å². The number of amides is 15. The highest BCUT2D eigenvalue weighted by atomic mass is 32.2. The Bertz CT molecular complexity index is 3590. The molecule has 16 N–H and O–H groups in total. The van der Waals surface area contributed by atoms with E-state index in [1.807, 2.05) is 6.08 Å². The van der Waals surface area contributed by atoms with Crippen molar-refractivity contribution in [3.8, 4) is 0 Å². The van der Waals surface area contributed by atoms with Gasteiger partial charge in [-0.15, -0.1) is 0 Å². The number of Topliss-reactive ketones (excluding diaryl/α,β-unsaturated/α-hetero) is 2. The zero-order valence-electron chi connectivity index (χ0n) is 73.6. The highest BCUT2D eigenvalue weighted by Gasteiger charge is 2.43. The third-order valence-corrected chi connectivity index (χ3v) is 22.0. The molecular weight excluding hydrogens is 1680 g/mol. The van der Waals surface area contributed by atoms with Gasteiger partial charge in [-0.05, 0) is 32.1 Å². The van der Waals surface area contributed by atoms with E-state index in [9.17, 15) is 126 Å². The fourth-order valence-corrected chi connectivity index (χ4v) is 14.9. The first-order valence-electron chi connectivity index (χ1n) is 44.3. The lowest BCUT2D eigenvalue weighted by molar-refractivity contribution is -0.147. The second kappa shape index (κ2) is 68.3. The number of fused-ring (bicyclic) bond motifs is 1. The van der Waals surface area contributed by atoms with Gasteiger partial charge in [-0.1, -0.05) is 187 Å². The minimum Gasteiger partial charge on any atom is -0.480 e. The van der Waals surface area contributed by atoms with Gasteiger partial charge in [-0.2, -0.15) is 11.8 Å². The molecule has 0 aromatic carbocycles. The molecule has 127 heavy (non-hydrogen) atoms. The lowest BCUT2D eigenvalue weighted by Gasteiger charge is -2.22. The van der Waals surface area contributed by atoms with Crippen LogP contribution in [0.5, 0.6) is 0 Å². The topological polar surface area (TPSA) is 614 Å². The SMILES string of the molecule is CCCCCCCCCCCCC/C=C/[C@@H](O)[C@@H](COC(=O)CCC(=O)NCC(=O)NCC(=O)N(CC(=O)O)CC(=O)NCC(=O)NCC(=O)N(CC(=O)O)CC(=O)CCCC(=O)CN(CC(=O)O)C(=O)CNC(=O)CNC(=O)CN(CC(=O)O)C(=O)CNC(=O)CNC(=O)CC[C@@H]1SC[C@@H]2NC(=O)N[C@@H]21)NC(=O)CCCCCCCCCCCCCCCCCC.